The van der Waals surface area contributed by atoms with Crippen molar-refractivity contribution in [3.8, 4) is 0 Å². The number of carbonyl (C=O) groups excluding carboxylic acids is 3. The average Bonchev–Trinajstić information content (AvgIpc) is 3.24. The fraction of sp³-hybridized carbons (Fsp3) is 0.870. The lowest BCUT2D eigenvalue weighted by Gasteiger charge is -2.18. The Labute approximate surface area is 373 Å². The predicted octanol–water partition coefficient (Wildman–Crippen LogP) is 17.2. The summed E-state index contributed by atoms with van der Waals surface area (Å²) in [5.41, 5.74) is 0. The van der Waals surface area contributed by atoms with Crippen molar-refractivity contribution in [3.63, 3.8) is 0 Å². The molecule has 0 aromatic heterocycles. The van der Waals surface area contributed by atoms with Crippen LogP contribution in [-0.4, -0.2) is 37.2 Å². The molecule has 6 nitrogen and oxygen atoms in total. The van der Waals surface area contributed by atoms with Crippen LogP contribution in [-0.2, 0) is 28.6 Å². The van der Waals surface area contributed by atoms with Gasteiger partial charge in [0.15, 0.2) is 6.10 Å². The third-order valence-corrected chi connectivity index (χ3v) is 11.7. The van der Waals surface area contributed by atoms with E-state index in [2.05, 4.69) is 45.1 Å². The molecule has 0 N–H and O–H groups in total. The zero-order chi connectivity index (χ0) is 43.7. The van der Waals surface area contributed by atoms with Crippen LogP contribution in [0.1, 0.15) is 284 Å². The zero-order valence-electron chi connectivity index (χ0n) is 40.2. The Balaban J connectivity index is 4.33. The van der Waals surface area contributed by atoms with Crippen LogP contribution < -0.4 is 0 Å². The molecule has 0 radical (unpaired) electrons. The molecule has 0 heterocycles. The Bertz CT molecular complexity index is 973. The van der Waals surface area contributed by atoms with E-state index >= 15 is 0 Å². The summed E-state index contributed by atoms with van der Waals surface area (Å²) in [5, 5.41) is 0. The number of rotatable bonds is 48. The van der Waals surface area contributed by atoms with Crippen molar-refractivity contribution in [3.05, 3.63) is 24.3 Å². The number of carbonyl (C=O) groups is 3. The third kappa shape index (κ3) is 46.9. The molecule has 0 unspecified atom stereocenters. The van der Waals surface area contributed by atoms with E-state index in [4.69, 9.17) is 14.2 Å². The van der Waals surface area contributed by atoms with Crippen LogP contribution in [0.3, 0.4) is 0 Å². The van der Waals surface area contributed by atoms with Crippen LogP contribution in [0.5, 0.6) is 0 Å². The molecule has 60 heavy (non-hydrogen) atoms. The Morgan fingerprint density at radius 1 is 0.317 bits per heavy atom. The number of hydrogen-bond acceptors (Lipinski definition) is 6. The van der Waals surface area contributed by atoms with Gasteiger partial charge in [0.25, 0.3) is 0 Å². The molecule has 0 bridgehead atoms. The molecule has 0 aliphatic carbocycles. The minimum atomic E-state index is -0.772. The molecular formula is C54H100O6. The standard InChI is InChI=1S/C54H100O6/c1-4-7-10-13-16-19-22-25-26-27-28-30-32-35-38-41-44-47-53(56)59-50-51(49-58-52(55)46-43-40-37-34-31-24-21-18-15-12-9-6-3)60-54(57)48-45-42-39-36-33-29-23-20-17-14-11-8-5-2/h20,23,25-26,51H,4-19,21-22,24,27-50H2,1-3H3/b23-20-,26-25-/t51-/m0/s1. The van der Waals surface area contributed by atoms with Crippen molar-refractivity contribution in [1.29, 1.82) is 0 Å². The topological polar surface area (TPSA) is 78.9 Å². The van der Waals surface area contributed by atoms with Gasteiger partial charge in [-0.3, -0.25) is 14.4 Å². The predicted molar refractivity (Wildman–Crippen MR) is 256 cm³/mol. The highest BCUT2D eigenvalue weighted by Crippen LogP contribution is 2.15. The number of esters is 3. The lowest BCUT2D eigenvalue weighted by atomic mass is 10.0. The Morgan fingerprint density at radius 3 is 0.850 bits per heavy atom. The summed E-state index contributed by atoms with van der Waals surface area (Å²) in [4.78, 5) is 37.9. The van der Waals surface area contributed by atoms with E-state index in [9.17, 15) is 14.4 Å². The summed E-state index contributed by atoms with van der Waals surface area (Å²) in [6.45, 7) is 6.63. The molecule has 0 saturated heterocycles. The summed E-state index contributed by atoms with van der Waals surface area (Å²) in [6.07, 6.45) is 55.8. The molecule has 0 spiro atoms. The molecule has 0 aliphatic rings. The van der Waals surface area contributed by atoms with Crippen LogP contribution >= 0.6 is 0 Å². The van der Waals surface area contributed by atoms with E-state index in [0.717, 1.165) is 64.2 Å². The number of unbranched alkanes of at least 4 members (excludes halogenated alkanes) is 33. The SMILES string of the molecule is CCCCCC/C=C\CCCCCCCC(=O)O[C@H](COC(=O)CCCCCCCCC/C=C\CCCCCCCC)COC(=O)CCCCCCCCCCCCCC. The van der Waals surface area contributed by atoms with Crippen molar-refractivity contribution in [2.24, 2.45) is 0 Å². The largest absolute Gasteiger partial charge is 0.462 e. The third-order valence-electron chi connectivity index (χ3n) is 11.7. The molecule has 0 fully saturated rings. The van der Waals surface area contributed by atoms with Gasteiger partial charge in [0.2, 0.25) is 0 Å². The second-order valence-electron chi connectivity index (χ2n) is 17.8. The number of allylic oxidation sites excluding steroid dienone is 4. The number of hydrogen-bond donors (Lipinski definition) is 0. The van der Waals surface area contributed by atoms with Gasteiger partial charge in [-0.25, -0.2) is 0 Å². The first kappa shape index (κ1) is 57.9. The summed E-state index contributed by atoms with van der Waals surface area (Å²) < 4.78 is 16.8. The minimum Gasteiger partial charge on any atom is -0.462 e. The summed E-state index contributed by atoms with van der Waals surface area (Å²) in [6, 6.07) is 0. The fourth-order valence-corrected chi connectivity index (χ4v) is 7.67. The van der Waals surface area contributed by atoms with Crippen LogP contribution in [0, 0.1) is 0 Å². The summed E-state index contributed by atoms with van der Waals surface area (Å²) >= 11 is 0. The van der Waals surface area contributed by atoms with Gasteiger partial charge in [-0.15, -0.1) is 0 Å². The summed E-state index contributed by atoms with van der Waals surface area (Å²) in [7, 11) is 0. The van der Waals surface area contributed by atoms with Crippen molar-refractivity contribution in [1.82, 2.24) is 0 Å². The molecular weight excluding hydrogens is 745 g/mol. The molecule has 0 rings (SSSR count). The van der Waals surface area contributed by atoms with Gasteiger partial charge in [0, 0.05) is 19.3 Å². The Morgan fingerprint density at radius 2 is 0.550 bits per heavy atom. The van der Waals surface area contributed by atoms with Crippen molar-refractivity contribution in [2.75, 3.05) is 13.2 Å². The Kier molecular flexibility index (Phi) is 47.8. The fourth-order valence-electron chi connectivity index (χ4n) is 7.67. The second-order valence-corrected chi connectivity index (χ2v) is 17.8. The van der Waals surface area contributed by atoms with E-state index < -0.39 is 6.10 Å². The first-order chi connectivity index (χ1) is 29.5. The van der Waals surface area contributed by atoms with Crippen LogP contribution in [0.25, 0.3) is 0 Å². The van der Waals surface area contributed by atoms with Gasteiger partial charge >= 0.3 is 17.9 Å². The van der Waals surface area contributed by atoms with Crippen molar-refractivity contribution in [2.45, 2.75) is 290 Å². The van der Waals surface area contributed by atoms with E-state index in [-0.39, 0.29) is 31.1 Å². The van der Waals surface area contributed by atoms with Gasteiger partial charge in [0.1, 0.15) is 13.2 Å². The maximum atomic E-state index is 12.8. The lowest BCUT2D eigenvalue weighted by molar-refractivity contribution is -0.167. The molecule has 0 aromatic carbocycles. The van der Waals surface area contributed by atoms with Crippen LogP contribution in [0.15, 0.2) is 24.3 Å². The minimum absolute atomic E-state index is 0.0723. The van der Waals surface area contributed by atoms with E-state index in [1.165, 1.54) is 180 Å². The maximum absolute atomic E-state index is 12.8. The zero-order valence-corrected chi connectivity index (χ0v) is 40.2. The normalized spacial score (nSPS) is 12.1. The van der Waals surface area contributed by atoms with Crippen LogP contribution in [0.4, 0.5) is 0 Å². The highest BCUT2D eigenvalue weighted by molar-refractivity contribution is 5.71. The van der Waals surface area contributed by atoms with E-state index in [0.29, 0.717) is 19.3 Å². The molecule has 1 atom stereocenters. The summed E-state index contributed by atoms with van der Waals surface area (Å²) in [5.74, 6) is -0.873. The molecule has 6 heteroatoms. The molecule has 0 aromatic rings. The first-order valence-corrected chi connectivity index (χ1v) is 26.3. The smallest absolute Gasteiger partial charge is 0.306 e. The van der Waals surface area contributed by atoms with Crippen molar-refractivity contribution < 1.29 is 28.6 Å². The molecule has 0 saturated carbocycles. The lowest BCUT2D eigenvalue weighted by Crippen LogP contribution is -2.30. The van der Waals surface area contributed by atoms with E-state index in [1.54, 1.807) is 0 Å². The maximum Gasteiger partial charge on any atom is 0.306 e. The molecule has 0 aliphatic heterocycles. The van der Waals surface area contributed by atoms with Gasteiger partial charge in [0.05, 0.1) is 0 Å². The van der Waals surface area contributed by atoms with Gasteiger partial charge in [-0.1, -0.05) is 218 Å². The number of ether oxygens (including phenoxy) is 3. The average molecular weight is 845 g/mol. The Hall–Kier alpha value is -2.11. The van der Waals surface area contributed by atoms with Gasteiger partial charge < -0.3 is 14.2 Å². The van der Waals surface area contributed by atoms with Crippen molar-refractivity contribution >= 4 is 17.9 Å². The van der Waals surface area contributed by atoms with Gasteiger partial charge in [-0.2, -0.15) is 0 Å². The molecule has 0 amide bonds. The molecule has 352 valence electrons. The monoisotopic (exact) mass is 845 g/mol. The van der Waals surface area contributed by atoms with Gasteiger partial charge in [-0.05, 0) is 70.6 Å². The second kappa shape index (κ2) is 49.5. The first-order valence-electron chi connectivity index (χ1n) is 26.3. The van der Waals surface area contributed by atoms with E-state index in [1.807, 2.05) is 0 Å². The highest BCUT2D eigenvalue weighted by Gasteiger charge is 2.19. The highest BCUT2D eigenvalue weighted by atomic mass is 16.6. The van der Waals surface area contributed by atoms with Crippen LogP contribution in [0.2, 0.25) is 0 Å². The quantitative estimate of drug-likeness (QED) is 0.0263.